The van der Waals surface area contributed by atoms with E-state index in [2.05, 4.69) is 5.32 Å². The van der Waals surface area contributed by atoms with E-state index in [1.807, 2.05) is 32.0 Å². The van der Waals surface area contributed by atoms with Crippen molar-refractivity contribution in [1.82, 2.24) is 4.57 Å². The summed E-state index contributed by atoms with van der Waals surface area (Å²) in [5, 5.41) is 23.3. The largest absolute Gasteiger partial charge is 0.478 e. The first-order valence-corrected chi connectivity index (χ1v) is 10.7. The predicted molar refractivity (Wildman–Crippen MR) is 129 cm³/mol. The number of aryl methyl sites for hydroxylation is 1. The zero-order valence-corrected chi connectivity index (χ0v) is 18.7. The van der Waals surface area contributed by atoms with E-state index >= 15 is 0 Å². The maximum absolute atomic E-state index is 13.5. The van der Waals surface area contributed by atoms with Crippen LogP contribution in [0, 0.1) is 24.1 Å². The summed E-state index contributed by atoms with van der Waals surface area (Å²) < 4.78 is 14.9. The molecular weight excluding hydrogens is 433 g/mol. The standard InChI is InChI=1S/C27H22FN3O3/c1-16-13-21(17(2)30-24-6-4-3-5-20(24)27(33)34)22-15-25(18-7-9-19(28)10-8-18)31(12-11-29)26(32)23(22)14-16/h3-10,13-15,17,30H,12H2,1-2H3,(H,33,34)/t17-/m0/s1. The number of carbonyl (C=O) groups is 1. The molecule has 2 N–H and O–H groups in total. The second-order valence-electron chi connectivity index (χ2n) is 8.12. The Hall–Kier alpha value is -4.44. The van der Waals surface area contributed by atoms with Crippen LogP contribution in [0.3, 0.4) is 0 Å². The number of anilines is 1. The number of fused-ring (bicyclic) bond motifs is 1. The number of carboxylic acid groups (broad SMARTS) is 1. The molecule has 1 aromatic heterocycles. The highest BCUT2D eigenvalue weighted by Gasteiger charge is 2.19. The number of carboxylic acids is 1. The summed E-state index contributed by atoms with van der Waals surface area (Å²) in [6.07, 6.45) is 0. The predicted octanol–water partition coefficient (Wildman–Crippen LogP) is 5.51. The summed E-state index contributed by atoms with van der Waals surface area (Å²) in [7, 11) is 0. The van der Waals surface area contributed by atoms with E-state index in [1.165, 1.54) is 22.8 Å². The van der Waals surface area contributed by atoms with E-state index in [9.17, 15) is 24.3 Å². The molecule has 6 nitrogen and oxygen atoms in total. The highest BCUT2D eigenvalue weighted by atomic mass is 19.1. The molecular formula is C27H22FN3O3. The molecule has 0 aliphatic rings. The highest BCUT2D eigenvalue weighted by molar-refractivity contribution is 5.94. The van der Waals surface area contributed by atoms with Gasteiger partial charge < -0.3 is 10.4 Å². The molecule has 0 radical (unpaired) electrons. The molecule has 4 rings (SSSR count). The second-order valence-corrected chi connectivity index (χ2v) is 8.12. The lowest BCUT2D eigenvalue weighted by Gasteiger charge is -2.21. The number of benzene rings is 3. The van der Waals surface area contributed by atoms with Gasteiger partial charge in [-0.1, -0.05) is 18.2 Å². The summed E-state index contributed by atoms with van der Waals surface area (Å²) >= 11 is 0. The molecule has 34 heavy (non-hydrogen) atoms. The number of aromatic carboxylic acids is 1. The van der Waals surface area contributed by atoms with Gasteiger partial charge in [0.2, 0.25) is 0 Å². The molecule has 3 aromatic carbocycles. The summed E-state index contributed by atoms with van der Waals surface area (Å²) in [4.78, 5) is 25.1. The third kappa shape index (κ3) is 4.26. The van der Waals surface area contributed by atoms with Crippen LogP contribution in [0.1, 0.15) is 34.5 Å². The van der Waals surface area contributed by atoms with Crippen molar-refractivity contribution in [3.05, 3.63) is 99.6 Å². The first kappa shape index (κ1) is 22.7. The number of nitriles is 1. The smallest absolute Gasteiger partial charge is 0.337 e. The molecule has 4 aromatic rings. The Kier molecular flexibility index (Phi) is 6.15. The van der Waals surface area contributed by atoms with Crippen LogP contribution in [0.2, 0.25) is 0 Å². The van der Waals surface area contributed by atoms with E-state index in [-0.39, 0.29) is 23.7 Å². The summed E-state index contributed by atoms with van der Waals surface area (Å²) in [6.45, 7) is 3.62. The number of hydrogen-bond acceptors (Lipinski definition) is 4. The van der Waals surface area contributed by atoms with Crippen LogP contribution in [0.25, 0.3) is 22.0 Å². The van der Waals surface area contributed by atoms with Crippen molar-refractivity contribution in [1.29, 1.82) is 5.26 Å². The van der Waals surface area contributed by atoms with Crippen molar-refractivity contribution in [2.45, 2.75) is 26.4 Å². The number of aromatic nitrogens is 1. The average Bonchev–Trinajstić information content (AvgIpc) is 2.81. The number of halogens is 1. The fourth-order valence-corrected chi connectivity index (χ4v) is 4.19. The van der Waals surface area contributed by atoms with Gasteiger partial charge in [-0.05, 0) is 84.5 Å². The van der Waals surface area contributed by atoms with Crippen molar-refractivity contribution in [2.75, 3.05) is 5.32 Å². The molecule has 0 fully saturated rings. The van der Waals surface area contributed by atoms with Crippen molar-refractivity contribution >= 4 is 22.4 Å². The molecule has 0 aliphatic heterocycles. The minimum absolute atomic E-state index is 0.148. The van der Waals surface area contributed by atoms with E-state index in [4.69, 9.17) is 0 Å². The third-order valence-electron chi connectivity index (χ3n) is 5.77. The molecule has 170 valence electrons. The Morgan fingerprint density at radius 1 is 1.12 bits per heavy atom. The fraction of sp³-hybridized carbons (Fsp3) is 0.148. The molecule has 0 amide bonds. The molecule has 1 atom stereocenters. The molecule has 0 saturated heterocycles. The normalized spacial score (nSPS) is 11.7. The summed E-state index contributed by atoms with van der Waals surface area (Å²) in [6, 6.07) is 19.7. The Morgan fingerprint density at radius 3 is 2.50 bits per heavy atom. The fourth-order valence-electron chi connectivity index (χ4n) is 4.19. The van der Waals surface area contributed by atoms with Gasteiger partial charge in [-0.3, -0.25) is 9.36 Å². The van der Waals surface area contributed by atoms with E-state index in [0.29, 0.717) is 27.7 Å². The number of nitrogens with zero attached hydrogens (tertiary/aromatic N) is 2. The van der Waals surface area contributed by atoms with E-state index < -0.39 is 11.8 Å². The van der Waals surface area contributed by atoms with Gasteiger partial charge >= 0.3 is 5.97 Å². The third-order valence-corrected chi connectivity index (χ3v) is 5.77. The van der Waals surface area contributed by atoms with Crippen LogP contribution in [0.5, 0.6) is 0 Å². The van der Waals surface area contributed by atoms with Crippen molar-refractivity contribution < 1.29 is 14.3 Å². The minimum atomic E-state index is -1.04. The van der Waals surface area contributed by atoms with Crippen LogP contribution in [-0.2, 0) is 6.54 Å². The second kappa shape index (κ2) is 9.20. The average molecular weight is 455 g/mol. The molecule has 1 heterocycles. The lowest BCUT2D eigenvalue weighted by atomic mass is 9.95. The lowest BCUT2D eigenvalue weighted by molar-refractivity contribution is 0.0698. The van der Waals surface area contributed by atoms with Crippen molar-refractivity contribution in [2.24, 2.45) is 0 Å². The van der Waals surface area contributed by atoms with Gasteiger partial charge in [-0.2, -0.15) is 5.26 Å². The molecule has 0 bridgehead atoms. The number of hydrogen-bond donors (Lipinski definition) is 2. The SMILES string of the molecule is Cc1cc([C@H](C)Nc2ccccc2C(=O)O)c2cc(-c3ccc(F)cc3)n(CC#N)c(=O)c2c1. The van der Waals surface area contributed by atoms with Crippen LogP contribution in [-0.4, -0.2) is 15.6 Å². The van der Waals surface area contributed by atoms with Crippen LogP contribution in [0.15, 0.2) is 71.5 Å². The van der Waals surface area contributed by atoms with Crippen LogP contribution in [0.4, 0.5) is 10.1 Å². The van der Waals surface area contributed by atoms with E-state index in [0.717, 1.165) is 11.1 Å². The molecule has 7 heteroatoms. The maximum atomic E-state index is 13.5. The lowest BCUT2D eigenvalue weighted by Crippen LogP contribution is -2.22. The van der Waals surface area contributed by atoms with Gasteiger partial charge in [-0.15, -0.1) is 0 Å². The van der Waals surface area contributed by atoms with Crippen molar-refractivity contribution in [3.63, 3.8) is 0 Å². The molecule has 0 spiro atoms. The Labute approximate surface area is 195 Å². The minimum Gasteiger partial charge on any atom is -0.478 e. The Balaban J connectivity index is 1.93. The molecule has 0 saturated carbocycles. The first-order valence-electron chi connectivity index (χ1n) is 10.7. The van der Waals surface area contributed by atoms with Crippen LogP contribution < -0.4 is 10.9 Å². The van der Waals surface area contributed by atoms with Gasteiger partial charge in [0.05, 0.1) is 17.3 Å². The van der Waals surface area contributed by atoms with Gasteiger partial charge in [0.1, 0.15) is 12.4 Å². The topological polar surface area (TPSA) is 95.1 Å². The van der Waals surface area contributed by atoms with E-state index in [1.54, 1.807) is 36.4 Å². The monoisotopic (exact) mass is 455 g/mol. The summed E-state index contributed by atoms with van der Waals surface area (Å²) in [5.41, 5.74) is 3.07. The zero-order chi connectivity index (χ0) is 24.4. The molecule has 0 unspecified atom stereocenters. The Morgan fingerprint density at radius 2 is 1.82 bits per heavy atom. The zero-order valence-electron chi connectivity index (χ0n) is 18.7. The molecule has 0 aliphatic carbocycles. The van der Waals surface area contributed by atoms with Crippen LogP contribution >= 0.6 is 0 Å². The maximum Gasteiger partial charge on any atom is 0.337 e. The number of pyridine rings is 1. The van der Waals surface area contributed by atoms with Crippen molar-refractivity contribution in [3.8, 4) is 17.3 Å². The first-order chi connectivity index (χ1) is 16.3. The highest BCUT2D eigenvalue weighted by Crippen LogP contribution is 2.31. The van der Waals surface area contributed by atoms with Gasteiger partial charge in [0, 0.05) is 17.1 Å². The van der Waals surface area contributed by atoms with Gasteiger partial charge in [-0.25, -0.2) is 9.18 Å². The number of rotatable bonds is 6. The Bertz CT molecular complexity index is 1500. The quantitative estimate of drug-likeness (QED) is 0.400. The number of para-hydroxylation sites is 1. The van der Waals surface area contributed by atoms with Gasteiger partial charge in [0.15, 0.2) is 0 Å². The van der Waals surface area contributed by atoms with Gasteiger partial charge in [0.25, 0.3) is 5.56 Å². The number of nitrogens with one attached hydrogen (secondary N) is 1. The summed E-state index contributed by atoms with van der Waals surface area (Å²) in [5.74, 6) is -1.44.